The van der Waals surface area contributed by atoms with Crippen LogP contribution in [0.5, 0.6) is 0 Å². The Labute approximate surface area is 144 Å². The summed E-state index contributed by atoms with van der Waals surface area (Å²) in [4.78, 5) is 14.5. The molecule has 128 valence electrons. The molecule has 2 aromatic carbocycles. The van der Waals surface area contributed by atoms with Crippen molar-refractivity contribution in [1.82, 2.24) is 5.32 Å². The van der Waals surface area contributed by atoms with Gasteiger partial charge in [0.05, 0.1) is 25.2 Å². The zero-order valence-electron chi connectivity index (χ0n) is 14.4. The Morgan fingerprint density at radius 3 is 2.21 bits per heavy atom. The molecule has 0 radical (unpaired) electrons. The molecule has 4 heteroatoms. The van der Waals surface area contributed by atoms with Crippen molar-refractivity contribution >= 4 is 11.6 Å². The molecule has 0 aliphatic rings. The molecule has 0 fully saturated rings. The first-order valence-corrected chi connectivity index (χ1v) is 8.42. The normalized spacial score (nSPS) is 13.1. The first kappa shape index (κ1) is 18.0. The van der Waals surface area contributed by atoms with Crippen molar-refractivity contribution in [2.24, 2.45) is 0 Å². The Balaban J connectivity index is 2.07. The summed E-state index contributed by atoms with van der Waals surface area (Å²) in [7, 11) is 0. The Bertz CT molecular complexity index is 612. The second-order valence-electron chi connectivity index (χ2n) is 5.91. The van der Waals surface area contributed by atoms with Gasteiger partial charge in [-0.05, 0) is 31.0 Å². The van der Waals surface area contributed by atoms with E-state index in [2.05, 4.69) is 5.32 Å². The highest BCUT2D eigenvalue weighted by atomic mass is 16.3. The number of aliphatic hydroxyl groups excluding tert-OH is 1. The fourth-order valence-electron chi connectivity index (χ4n) is 2.77. The third kappa shape index (κ3) is 4.83. The van der Waals surface area contributed by atoms with Crippen LogP contribution in [0.2, 0.25) is 0 Å². The summed E-state index contributed by atoms with van der Waals surface area (Å²) >= 11 is 0. The predicted octanol–water partition coefficient (Wildman–Crippen LogP) is 3.14. The van der Waals surface area contributed by atoms with Gasteiger partial charge in [-0.15, -0.1) is 0 Å². The van der Waals surface area contributed by atoms with Gasteiger partial charge in [0, 0.05) is 5.69 Å². The molecule has 0 saturated heterocycles. The van der Waals surface area contributed by atoms with Gasteiger partial charge in [-0.25, -0.2) is 0 Å². The minimum Gasteiger partial charge on any atom is -0.394 e. The quantitative estimate of drug-likeness (QED) is 0.783. The predicted molar refractivity (Wildman–Crippen MR) is 98.0 cm³/mol. The number of para-hydroxylation sites is 1. The minimum atomic E-state index is -0.0785. The third-order valence-corrected chi connectivity index (χ3v) is 4.20. The molecule has 0 aliphatic heterocycles. The fourth-order valence-corrected chi connectivity index (χ4v) is 2.77. The number of amides is 1. The van der Waals surface area contributed by atoms with E-state index in [1.165, 1.54) is 0 Å². The molecule has 2 N–H and O–H groups in total. The van der Waals surface area contributed by atoms with Crippen LogP contribution in [-0.4, -0.2) is 30.2 Å². The van der Waals surface area contributed by atoms with Crippen molar-refractivity contribution in [3.05, 3.63) is 66.2 Å². The van der Waals surface area contributed by atoms with Crippen molar-refractivity contribution < 1.29 is 9.90 Å². The zero-order chi connectivity index (χ0) is 17.4. The summed E-state index contributed by atoms with van der Waals surface area (Å²) in [5.74, 6) is -0.0536. The van der Waals surface area contributed by atoms with Gasteiger partial charge >= 0.3 is 0 Å². The number of nitrogens with zero attached hydrogens (tertiary/aromatic N) is 1. The number of carbonyl (C=O) groups is 1. The number of rotatable bonds is 8. The highest BCUT2D eigenvalue weighted by molar-refractivity contribution is 5.82. The number of hydrogen-bond donors (Lipinski definition) is 2. The molecular weight excluding hydrogens is 300 g/mol. The van der Waals surface area contributed by atoms with Gasteiger partial charge < -0.3 is 15.3 Å². The highest BCUT2D eigenvalue weighted by Gasteiger charge is 2.20. The number of benzene rings is 2. The SMILES string of the molecule is CC[C@@H](CO)N(CC(=O)N[C@H](C)c1ccccc1)c1ccccc1. The van der Waals surface area contributed by atoms with Crippen LogP contribution >= 0.6 is 0 Å². The van der Waals surface area contributed by atoms with E-state index in [-0.39, 0.29) is 31.1 Å². The Morgan fingerprint density at radius 2 is 1.67 bits per heavy atom. The molecule has 0 aromatic heterocycles. The number of anilines is 1. The number of aliphatic hydroxyl groups is 1. The van der Waals surface area contributed by atoms with Crippen LogP contribution in [0.15, 0.2) is 60.7 Å². The summed E-state index contributed by atoms with van der Waals surface area (Å²) in [6, 6.07) is 19.5. The average molecular weight is 326 g/mol. The van der Waals surface area contributed by atoms with Crippen molar-refractivity contribution in [3.8, 4) is 0 Å². The first-order chi connectivity index (χ1) is 11.7. The van der Waals surface area contributed by atoms with Crippen molar-refractivity contribution in [3.63, 3.8) is 0 Å². The lowest BCUT2D eigenvalue weighted by atomic mass is 10.1. The van der Waals surface area contributed by atoms with Gasteiger partial charge in [0.1, 0.15) is 0 Å². The van der Waals surface area contributed by atoms with Crippen LogP contribution in [0, 0.1) is 0 Å². The lowest BCUT2D eigenvalue weighted by Crippen LogP contribution is -2.45. The minimum absolute atomic E-state index is 0.0207. The molecule has 0 spiro atoms. The molecule has 0 heterocycles. The van der Waals surface area contributed by atoms with E-state index >= 15 is 0 Å². The van der Waals surface area contributed by atoms with Crippen LogP contribution < -0.4 is 10.2 Å². The van der Waals surface area contributed by atoms with Crippen LogP contribution in [0.3, 0.4) is 0 Å². The van der Waals surface area contributed by atoms with Crippen LogP contribution in [0.25, 0.3) is 0 Å². The van der Waals surface area contributed by atoms with Gasteiger partial charge in [-0.3, -0.25) is 4.79 Å². The van der Waals surface area contributed by atoms with Gasteiger partial charge in [0.15, 0.2) is 0 Å². The van der Waals surface area contributed by atoms with E-state index in [1.54, 1.807) is 0 Å². The van der Waals surface area contributed by atoms with E-state index in [1.807, 2.05) is 79.4 Å². The Morgan fingerprint density at radius 1 is 1.08 bits per heavy atom. The first-order valence-electron chi connectivity index (χ1n) is 8.42. The van der Waals surface area contributed by atoms with Crippen molar-refractivity contribution in [2.45, 2.75) is 32.4 Å². The largest absolute Gasteiger partial charge is 0.394 e. The molecule has 0 saturated carbocycles. The lowest BCUT2D eigenvalue weighted by molar-refractivity contribution is -0.120. The van der Waals surface area contributed by atoms with Crippen molar-refractivity contribution in [2.75, 3.05) is 18.1 Å². The topological polar surface area (TPSA) is 52.6 Å². The third-order valence-electron chi connectivity index (χ3n) is 4.20. The number of hydrogen-bond acceptors (Lipinski definition) is 3. The highest BCUT2D eigenvalue weighted by Crippen LogP contribution is 2.18. The fraction of sp³-hybridized carbons (Fsp3) is 0.350. The van der Waals surface area contributed by atoms with E-state index in [0.717, 1.165) is 17.7 Å². The maximum absolute atomic E-state index is 12.5. The number of carbonyl (C=O) groups excluding carboxylic acids is 1. The van der Waals surface area contributed by atoms with E-state index in [0.29, 0.717) is 0 Å². The van der Waals surface area contributed by atoms with E-state index in [4.69, 9.17) is 0 Å². The van der Waals surface area contributed by atoms with Crippen LogP contribution in [0.4, 0.5) is 5.69 Å². The Kier molecular flexibility index (Phi) is 6.82. The maximum Gasteiger partial charge on any atom is 0.240 e. The molecule has 2 rings (SSSR count). The van der Waals surface area contributed by atoms with Gasteiger partial charge in [-0.1, -0.05) is 55.5 Å². The van der Waals surface area contributed by atoms with Crippen molar-refractivity contribution in [1.29, 1.82) is 0 Å². The van der Waals surface area contributed by atoms with Crippen LogP contribution in [-0.2, 0) is 4.79 Å². The van der Waals surface area contributed by atoms with Crippen LogP contribution in [0.1, 0.15) is 31.9 Å². The number of nitrogens with one attached hydrogen (secondary N) is 1. The molecule has 0 aliphatic carbocycles. The molecule has 24 heavy (non-hydrogen) atoms. The maximum atomic E-state index is 12.5. The summed E-state index contributed by atoms with van der Waals surface area (Å²) in [5.41, 5.74) is 2.02. The summed E-state index contributed by atoms with van der Waals surface area (Å²) in [6.07, 6.45) is 0.771. The summed E-state index contributed by atoms with van der Waals surface area (Å²) in [5, 5.41) is 12.7. The molecule has 0 unspecified atom stereocenters. The summed E-state index contributed by atoms with van der Waals surface area (Å²) in [6.45, 7) is 4.23. The lowest BCUT2D eigenvalue weighted by Gasteiger charge is -2.32. The smallest absolute Gasteiger partial charge is 0.240 e. The van der Waals surface area contributed by atoms with Gasteiger partial charge in [-0.2, -0.15) is 0 Å². The van der Waals surface area contributed by atoms with E-state index in [9.17, 15) is 9.90 Å². The molecule has 1 amide bonds. The van der Waals surface area contributed by atoms with E-state index < -0.39 is 0 Å². The molecule has 0 bridgehead atoms. The Hall–Kier alpha value is -2.33. The van der Waals surface area contributed by atoms with Gasteiger partial charge in [0.25, 0.3) is 0 Å². The average Bonchev–Trinajstić information content (AvgIpc) is 2.63. The molecular formula is C20H26N2O2. The molecule has 2 aromatic rings. The second-order valence-corrected chi connectivity index (χ2v) is 5.91. The summed E-state index contributed by atoms with van der Waals surface area (Å²) < 4.78 is 0. The molecule has 4 nitrogen and oxygen atoms in total. The monoisotopic (exact) mass is 326 g/mol. The standard InChI is InChI=1S/C20H26N2O2/c1-3-18(15-23)22(19-12-8-5-9-13-19)14-20(24)21-16(2)17-10-6-4-7-11-17/h4-13,16,18,23H,3,14-15H2,1-2H3,(H,21,24)/t16-,18+/m1/s1. The molecule has 2 atom stereocenters. The van der Waals surface area contributed by atoms with Gasteiger partial charge in [0.2, 0.25) is 5.91 Å². The zero-order valence-corrected chi connectivity index (χ0v) is 14.4. The second kappa shape index (κ2) is 9.08.